The summed E-state index contributed by atoms with van der Waals surface area (Å²) in [6, 6.07) is 5.83. The summed E-state index contributed by atoms with van der Waals surface area (Å²) in [6.45, 7) is 4.11. The normalized spacial score (nSPS) is 11.4. The maximum Gasteiger partial charge on any atom is 0.241 e. The molecule has 0 bridgehead atoms. The number of benzene rings is 1. The van der Waals surface area contributed by atoms with Crippen molar-refractivity contribution in [2.45, 2.75) is 18.7 Å². The smallest absolute Gasteiger partial charge is 0.241 e. The quantitative estimate of drug-likeness (QED) is 0.628. The van der Waals surface area contributed by atoms with Crippen molar-refractivity contribution >= 4 is 33.1 Å². The van der Waals surface area contributed by atoms with E-state index in [1.807, 2.05) is 13.8 Å². The first-order chi connectivity index (χ1) is 9.72. The van der Waals surface area contributed by atoms with Crippen LogP contribution in [0.3, 0.4) is 0 Å². The van der Waals surface area contributed by atoms with Crippen molar-refractivity contribution in [1.82, 2.24) is 10.0 Å². The number of nitrogens with one attached hydrogen (secondary N) is 2. The summed E-state index contributed by atoms with van der Waals surface area (Å²) in [7, 11) is -3.73. The number of carbonyl (C=O) groups is 1. The second-order valence-corrected chi connectivity index (χ2v) is 7.12. The summed E-state index contributed by atoms with van der Waals surface area (Å²) in [6.07, 6.45) is 0. The molecular weight excluding hydrogens is 310 g/mol. The molecule has 0 radical (unpaired) electrons. The molecule has 0 saturated heterocycles. The van der Waals surface area contributed by atoms with Gasteiger partial charge in [-0.2, -0.15) is 0 Å². The Balaban J connectivity index is 2.65. The van der Waals surface area contributed by atoms with E-state index >= 15 is 0 Å². The molecule has 0 unspecified atom stereocenters. The number of hydrogen-bond acceptors (Lipinski definition) is 4. The van der Waals surface area contributed by atoms with Crippen LogP contribution in [-0.4, -0.2) is 32.4 Å². The molecule has 1 amide bonds. The topological polar surface area (TPSA) is 101 Å². The van der Waals surface area contributed by atoms with Crippen LogP contribution in [0, 0.1) is 5.92 Å². The van der Waals surface area contributed by atoms with Gasteiger partial charge in [0.2, 0.25) is 15.9 Å². The number of rotatable bonds is 7. The van der Waals surface area contributed by atoms with E-state index in [9.17, 15) is 13.2 Å². The van der Waals surface area contributed by atoms with E-state index in [-0.39, 0.29) is 22.3 Å². The third kappa shape index (κ3) is 5.78. The fourth-order valence-electron chi connectivity index (χ4n) is 1.42. The van der Waals surface area contributed by atoms with Crippen LogP contribution in [-0.2, 0) is 14.8 Å². The molecule has 1 aromatic rings. The SMILES string of the molecule is CC(C)CNC(=O)CNS(=O)(=O)c1ccc(C(N)=S)cc1. The highest BCUT2D eigenvalue weighted by molar-refractivity contribution is 7.89. The first kappa shape index (κ1) is 17.5. The fourth-order valence-corrected chi connectivity index (χ4v) is 2.54. The van der Waals surface area contributed by atoms with Crippen LogP contribution in [0.2, 0.25) is 0 Å². The van der Waals surface area contributed by atoms with Gasteiger partial charge in [-0.15, -0.1) is 0 Å². The highest BCUT2D eigenvalue weighted by Gasteiger charge is 2.15. The number of sulfonamides is 1. The van der Waals surface area contributed by atoms with Gasteiger partial charge in [0.15, 0.2) is 0 Å². The summed E-state index contributed by atoms with van der Waals surface area (Å²) in [5.41, 5.74) is 6.02. The van der Waals surface area contributed by atoms with Crippen molar-refractivity contribution in [1.29, 1.82) is 0 Å². The van der Waals surface area contributed by atoms with Gasteiger partial charge in [-0.1, -0.05) is 38.2 Å². The van der Waals surface area contributed by atoms with Gasteiger partial charge in [-0.25, -0.2) is 13.1 Å². The summed E-state index contributed by atoms with van der Waals surface area (Å²) in [5.74, 6) is -0.0646. The first-order valence-corrected chi connectivity index (χ1v) is 8.27. The van der Waals surface area contributed by atoms with E-state index in [0.717, 1.165) is 0 Å². The molecule has 0 fully saturated rings. The van der Waals surface area contributed by atoms with Crippen LogP contribution in [0.1, 0.15) is 19.4 Å². The third-order valence-electron chi connectivity index (χ3n) is 2.58. The van der Waals surface area contributed by atoms with Crippen LogP contribution in [0.15, 0.2) is 29.2 Å². The van der Waals surface area contributed by atoms with Gasteiger partial charge in [-0.3, -0.25) is 4.79 Å². The molecule has 116 valence electrons. The van der Waals surface area contributed by atoms with E-state index < -0.39 is 10.0 Å². The minimum atomic E-state index is -3.73. The lowest BCUT2D eigenvalue weighted by Crippen LogP contribution is -2.38. The maximum atomic E-state index is 12.0. The van der Waals surface area contributed by atoms with Crippen molar-refractivity contribution in [2.24, 2.45) is 11.7 Å². The Labute approximate surface area is 130 Å². The van der Waals surface area contributed by atoms with Gasteiger partial charge in [0.25, 0.3) is 0 Å². The summed E-state index contributed by atoms with van der Waals surface area (Å²) >= 11 is 4.79. The number of amides is 1. The van der Waals surface area contributed by atoms with Gasteiger partial charge in [-0.05, 0) is 18.1 Å². The molecule has 0 aliphatic heterocycles. The van der Waals surface area contributed by atoms with Crippen LogP contribution in [0.25, 0.3) is 0 Å². The zero-order chi connectivity index (χ0) is 16.0. The number of hydrogen-bond donors (Lipinski definition) is 3. The lowest BCUT2D eigenvalue weighted by Gasteiger charge is -2.09. The Morgan fingerprint density at radius 3 is 2.33 bits per heavy atom. The highest BCUT2D eigenvalue weighted by Crippen LogP contribution is 2.10. The Kier molecular flexibility index (Phi) is 6.25. The minimum absolute atomic E-state index is 0.0548. The van der Waals surface area contributed by atoms with Crippen LogP contribution < -0.4 is 15.8 Å². The molecule has 0 spiro atoms. The van der Waals surface area contributed by atoms with Crippen molar-refractivity contribution in [3.05, 3.63) is 29.8 Å². The number of carbonyl (C=O) groups excluding carboxylic acids is 1. The molecule has 6 nitrogen and oxygen atoms in total. The van der Waals surface area contributed by atoms with E-state index in [2.05, 4.69) is 10.0 Å². The van der Waals surface area contributed by atoms with E-state index in [4.69, 9.17) is 18.0 Å². The van der Waals surface area contributed by atoms with Crippen LogP contribution >= 0.6 is 12.2 Å². The van der Waals surface area contributed by atoms with Crippen molar-refractivity contribution in [3.8, 4) is 0 Å². The molecule has 0 aromatic heterocycles. The van der Waals surface area contributed by atoms with Gasteiger partial charge in [0, 0.05) is 12.1 Å². The van der Waals surface area contributed by atoms with Gasteiger partial charge < -0.3 is 11.1 Å². The zero-order valence-electron chi connectivity index (χ0n) is 11.9. The summed E-state index contributed by atoms with van der Waals surface area (Å²) in [4.78, 5) is 11.7. The molecule has 1 aromatic carbocycles. The van der Waals surface area contributed by atoms with E-state index in [1.54, 1.807) is 0 Å². The standard InChI is InChI=1S/C13H19N3O3S2/c1-9(2)7-15-12(17)8-16-21(18,19)11-5-3-10(4-6-11)13(14)20/h3-6,9,16H,7-8H2,1-2H3,(H2,14,20)(H,15,17). The average Bonchev–Trinajstić information content (AvgIpc) is 2.43. The van der Waals surface area contributed by atoms with Gasteiger partial charge in [0.05, 0.1) is 11.4 Å². The molecule has 0 heterocycles. The second-order valence-electron chi connectivity index (χ2n) is 4.91. The first-order valence-electron chi connectivity index (χ1n) is 6.38. The van der Waals surface area contributed by atoms with Gasteiger partial charge in [0.1, 0.15) is 4.99 Å². The Morgan fingerprint density at radius 2 is 1.86 bits per heavy atom. The predicted molar refractivity (Wildman–Crippen MR) is 85.4 cm³/mol. The molecular formula is C13H19N3O3S2. The molecule has 21 heavy (non-hydrogen) atoms. The third-order valence-corrected chi connectivity index (χ3v) is 4.23. The Morgan fingerprint density at radius 1 is 1.29 bits per heavy atom. The minimum Gasteiger partial charge on any atom is -0.389 e. The monoisotopic (exact) mass is 329 g/mol. The maximum absolute atomic E-state index is 12.0. The predicted octanol–water partition coefficient (Wildman–Crippen LogP) is 0.371. The molecule has 0 saturated carbocycles. The van der Waals surface area contributed by atoms with E-state index in [0.29, 0.717) is 18.0 Å². The molecule has 8 heteroatoms. The summed E-state index contributed by atoms with van der Waals surface area (Å²) in [5, 5.41) is 2.63. The lowest BCUT2D eigenvalue weighted by atomic mass is 10.2. The van der Waals surface area contributed by atoms with Gasteiger partial charge >= 0.3 is 0 Å². The molecule has 4 N–H and O–H groups in total. The second kappa shape index (κ2) is 7.48. The number of nitrogens with two attached hydrogens (primary N) is 1. The lowest BCUT2D eigenvalue weighted by molar-refractivity contribution is -0.120. The molecule has 0 atom stereocenters. The fraction of sp³-hybridized carbons (Fsp3) is 0.385. The van der Waals surface area contributed by atoms with Crippen molar-refractivity contribution in [3.63, 3.8) is 0 Å². The highest BCUT2D eigenvalue weighted by atomic mass is 32.2. The van der Waals surface area contributed by atoms with Crippen molar-refractivity contribution < 1.29 is 13.2 Å². The zero-order valence-corrected chi connectivity index (χ0v) is 13.6. The molecule has 1 rings (SSSR count). The van der Waals surface area contributed by atoms with Crippen LogP contribution in [0.4, 0.5) is 0 Å². The molecule has 0 aliphatic carbocycles. The number of thiocarbonyl (C=S) groups is 1. The van der Waals surface area contributed by atoms with E-state index in [1.165, 1.54) is 24.3 Å². The molecule has 0 aliphatic rings. The van der Waals surface area contributed by atoms with Crippen molar-refractivity contribution in [2.75, 3.05) is 13.1 Å². The summed E-state index contributed by atoms with van der Waals surface area (Å²) < 4.78 is 26.2. The van der Waals surface area contributed by atoms with Crippen LogP contribution in [0.5, 0.6) is 0 Å². The largest absolute Gasteiger partial charge is 0.389 e. The Bertz CT molecular complexity index is 610. The average molecular weight is 329 g/mol. The Hall–Kier alpha value is -1.51.